The minimum absolute atomic E-state index is 0.0536. The van der Waals surface area contributed by atoms with Crippen molar-refractivity contribution in [3.63, 3.8) is 0 Å². The van der Waals surface area contributed by atoms with Gasteiger partial charge in [0.2, 0.25) is 0 Å². The maximum atomic E-state index is 12.3. The average molecular weight is 359 g/mol. The monoisotopic (exact) mass is 359 g/mol. The second-order valence-corrected chi connectivity index (χ2v) is 7.91. The van der Waals surface area contributed by atoms with Gasteiger partial charge in [-0.2, -0.15) is 0 Å². The molecule has 3 rings (SSSR count). The van der Waals surface area contributed by atoms with E-state index in [-0.39, 0.29) is 11.4 Å². The Morgan fingerprint density at radius 2 is 2.00 bits per heavy atom. The maximum absolute atomic E-state index is 12.3. The van der Waals surface area contributed by atoms with E-state index in [0.717, 1.165) is 35.9 Å². The van der Waals surface area contributed by atoms with Crippen LogP contribution >= 0.6 is 11.3 Å². The fourth-order valence-corrected chi connectivity index (χ4v) is 4.17. The first-order valence-electron chi connectivity index (χ1n) is 8.66. The van der Waals surface area contributed by atoms with Gasteiger partial charge in [0, 0.05) is 36.2 Å². The largest absolute Gasteiger partial charge is 0.381 e. The van der Waals surface area contributed by atoms with Crippen molar-refractivity contribution in [2.75, 3.05) is 19.8 Å². The highest BCUT2D eigenvalue weighted by atomic mass is 32.1. The molecule has 6 heteroatoms. The van der Waals surface area contributed by atoms with Gasteiger partial charge in [-0.3, -0.25) is 0 Å². The highest BCUT2D eigenvalue weighted by Crippen LogP contribution is 2.36. The van der Waals surface area contributed by atoms with Gasteiger partial charge in [-0.05, 0) is 37.8 Å². The van der Waals surface area contributed by atoms with Crippen LogP contribution in [-0.4, -0.2) is 30.8 Å². The number of hydrogen-bond donors (Lipinski definition) is 2. The first-order valence-corrected chi connectivity index (χ1v) is 9.48. The van der Waals surface area contributed by atoms with Crippen molar-refractivity contribution in [2.45, 2.75) is 38.6 Å². The lowest BCUT2D eigenvalue weighted by molar-refractivity contribution is 0.0505. The summed E-state index contributed by atoms with van der Waals surface area (Å²) in [5.41, 5.74) is 2.53. The van der Waals surface area contributed by atoms with Gasteiger partial charge in [0.1, 0.15) is 0 Å². The molecule has 2 aromatic rings. The van der Waals surface area contributed by atoms with E-state index < -0.39 is 0 Å². The maximum Gasteiger partial charge on any atom is 0.315 e. The van der Waals surface area contributed by atoms with E-state index in [0.29, 0.717) is 13.1 Å². The average Bonchev–Trinajstić information content (AvgIpc) is 3.05. The first kappa shape index (κ1) is 17.9. The number of carbonyl (C=O) groups excluding carboxylic acids is 1. The predicted octanol–water partition coefficient (Wildman–Crippen LogP) is 3.31. The Morgan fingerprint density at radius 1 is 1.24 bits per heavy atom. The molecule has 2 N–H and O–H groups in total. The van der Waals surface area contributed by atoms with Gasteiger partial charge in [-0.25, -0.2) is 9.78 Å². The number of nitrogens with zero attached hydrogens (tertiary/aromatic N) is 1. The Morgan fingerprint density at radius 3 is 2.68 bits per heavy atom. The van der Waals surface area contributed by atoms with Crippen LogP contribution in [0.4, 0.5) is 4.79 Å². The number of rotatable bonds is 5. The molecule has 0 unspecified atom stereocenters. The Balaban J connectivity index is 1.63. The van der Waals surface area contributed by atoms with Crippen LogP contribution in [0.2, 0.25) is 0 Å². The molecule has 1 aliphatic heterocycles. The molecule has 1 aromatic heterocycles. The first-order chi connectivity index (χ1) is 12.1. The molecule has 1 saturated heterocycles. The molecular weight excluding hydrogens is 334 g/mol. The number of amides is 2. The van der Waals surface area contributed by atoms with E-state index in [1.54, 1.807) is 11.3 Å². The lowest BCUT2D eigenvalue weighted by atomic mass is 9.72. The molecule has 25 heavy (non-hydrogen) atoms. The van der Waals surface area contributed by atoms with Crippen molar-refractivity contribution < 1.29 is 9.53 Å². The van der Waals surface area contributed by atoms with E-state index in [2.05, 4.69) is 46.8 Å². The molecule has 0 aliphatic carbocycles. The molecule has 0 saturated carbocycles. The molecular formula is C19H25N3O2S. The molecule has 2 amide bonds. The summed E-state index contributed by atoms with van der Waals surface area (Å²) < 4.78 is 5.57. The van der Waals surface area contributed by atoms with Crippen molar-refractivity contribution >= 4 is 17.4 Å². The van der Waals surface area contributed by atoms with E-state index >= 15 is 0 Å². The highest BCUT2D eigenvalue weighted by Gasteiger charge is 2.35. The Bertz CT molecular complexity index is 723. The number of nitrogens with one attached hydrogen (secondary N) is 2. The van der Waals surface area contributed by atoms with Crippen molar-refractivity contribution in [1.29, 1.82) is 0 Å². The fraction of sp³-hybridized carbons (Fsp3) is 0.474. The van der Waals surface area contributed by atoms with E-state index in [9.17, 15) is 4.79 Å². The number of carbonyl (C=O) groups is 1. The minimum Gasteiger partial charge on any atom is -0.381 e. The Labute approximate surface area is 152 Å². The van der Waals surface area contributed by atoms with Crippen LogP contribution in [0, 0.1) is 13.8 Å². The zero-order chi connectivity index (χ0) is 17.7. The number of ether oxygens (including phenoxy) is 1. The number of hydrogen-bond acceptors (Lipinski definition) is 4. The van der Waals surface area contributed by atoms with E-state index in [1.807, 2.05) is 13.1 Å². The third kappa shape index (κ3) is 4.38. The molecule has 1 aliphatic rings. The molecule has 0 spiro atoms. The molecule has 134 valence electrons. The standard InChI is InChI=1S/C19H25N3O2S/c1-14-5-3-4-6-17(14)19(7-9-24-10-8-19)13-22-18(23)21-12-16-11-20-15(2)25-16/h3-6,11H,7-10,12-13H2,1-2H3,(H2,21,22,23). The van der Waals surface area contributed by atoms with Crippen LogP contribution in [0.25, 0.3) is 0 Å². The van der Waals surface area contributed by atoms with Gasteiger partial charge in [0.15, 0.2) is 0 Å². The molecule has 0 atom stereocenters. The summed E-state index contributed by atoms with van der Waals surface area (Å²) in [4.78, 5) is 17.5. The SMILES string of the molecule is Cc1ncc(CNC(=O)NCC2(c3ccccc3C)CCOCC2)s1. The third-order valence-electron chi connectivity index (χ3n) is 4.85. The molecule has 1 fully saturated rings. The summed E-state index contributed by atoms with van der Waals surface area (Å²) >= 11 is 1.60. The number of aryl methyl sites for hydroxylation is 2. The molecule has 5 nitrogen and oxygen atoms in total. The van der Waals surface area contributed by atoms with Gasteiger partial charge in [0.25, 0.3) is 0 Å². The molecule has 2 heterocycles. The summed E-state index contributed by atoms with van der Waals surface area (Å²) in [6.45, 7) is 6.70. The van der Waals surface area contributed by atoms with Crippen LogP contribution in [0.3, 0.4) is 0 Å². The molecule has 0 bridgehead atoms. The Kier molecular flexibility index (Phi) is 5.71. The van der Waals surface area contributed by atoms with Crippen molar-refractivity contribution in [3.8, 4) is 0 Å². The zero-order valence-corrected chi connectivity index (χ0v) is 15.6. The second kappa shape index (κ2) is 7.97. The minimum atomic E-state index is -0.134. The van der Waals surface area contributed by atoms with E-state index in [1.165, 1.54) is 11.1 Å². The van der Waals surface area contributed by atoms with Crippen LogP contribution in [0.15, 0.2) is 30.5 Å². The van der Waals surface area contributed by atoms with Gasteiger partial charge in [0.05, 0.1) is 11.6 Å². The van der Waals surface area contributed by atoms with Crippen molar-refractivity contribution in [1.82, 2.24) is 15.6 Å². The van der Waals surface area contributed by atoms with Crippen molar-refractivity contribution in [3.05, 3.63) is 51.5 Å². The summed E-state index contributed by atoms with van der Waals surface area (Å²) in [7, 11) is 0. The van der Waals surface area contributed by atoms with Crippen LogP contribution in [0.1, 0.15) is 33.9 Å². The lowest BCUT2D eigenvalue weighted by Crippen LogP contribution is -2.47. The van der Waals surface area contributed by atoms with Crippen LogP contribution in [-0.2, 0) is 16.7 Å². The number of benzene rings is 1. The normalized spacial score (nSPS) is 16.4. The molecule has 0 radical (unpaired) electrons. The summed E-state index contributed by atoms with van der Waals surface area (Å²) in [6, 6.07) is 8.32. The number of thiazole rings is 1. The fourth-order valence-electron chi connectivity index (χ4n) is 3.44. The second-order valence-electron chi connectivity index (χ2n) is 6.59. The quantitative estimate of drug-likeness (QED) is 0.861. The van der Waals surface area contributed by atoms with Crippen LogP contribution < -0.4 is 10.6 Å². The van der Waals surface area contributed by atoms with Gasteiger partial charge < -0.3 is 15.4 Å². The highest BCUT2D eigenvalue weighted by molar-refractivity contribution is 7.11. The molecule has 1 aromatic carbocycles. The third-order valence-corrected chi connectivity index (χ3v) is 5.76. The number of urea groups is 1. The summed E-state index contributed by atoms with van der Waals surface area (Å²) in [5.74, 6) is 0. The summed E-state index contributed by atoms with van der Waals surface area (Å²) in [6.07, 6.45) is 3.66. The zero-order valence-electron chi connectivity index (χ0n) is 14.8. The van der Waals surface area contributed by atoms with Gasteiger partial charge in [-0.15, -0.1) is 11.3 Å². The smallest absolute Gasteiger partial charge is 0.315 e. The lowest BCUT2D eigenvalue weighted by Gasteiger charge is -2.39. The summed E-state index contributed by atoms with van der Waals surface area (Å²) in [5, 5.41) is 7.01. The van der Waals surface area contributed by atoms with Gasteiger partial charge in [-0.1, -0.05) is 24.3 Å². The number of aromatic nitrogens is 1. The van der Waals surface area contributed by atoms with Crippen molar-refractivity contribution in [2.24, 2.45) is 0 Å². The van der Waals surface area contributed by atoms with Gasteiger partial charge >= 0.3 is 6.03 Å². The van der Waals surface area contributed by atoms with Crippen LogP contribution in [0.5, 0.6) is 0 Å². The Hall–Kier alpha value is -1.92. The topological polar surface area (TPSA) is 63.2 Å². The predicted molar refractivity (Wildman–Crippen MR) is 100.0 cm³/mol. The van der Waals surface area contributed by atoms with E-state index in [4.69, 9.17) is 4.74 Å².